The summed E-state index contributed by atoms with van der Waals surface area (Å²) >= 11 is 3.41. The fourth-order valence-corrected chi connectivity index (χ4v) is 2.49. The molecule has 1 aromatic rings. The van der Waals surface area contributed by atoms with E-state index in [4.69, 9.17) is 4.74 Å². The summed E-state index contributed by atoms with van der Waals surface area (Å²) in [7, 11) is 1.72. The molecule has 2 atom stereocenters. The average Bonchev–Trinajstić information content (AvgIpc) is 2.32. The SMILES string of the molecule is CCNC(Cc1ccc(F)cc1Br)CC(C)OC. The van der Waals surface area contributed by atoms with Crippen LogP contribution in [0.15, 0.2) is 22.7 Å². The molecule has 0 aliphatic rings. The van der Waals surface area contributed by atoms with Crippen LogP contribution < -0.4 is 5.32 Å². The van der Waals surface area contributed by atoms with Crippen LogP contribution in [0.1, 0.15) is 25.8 Å². The van der Waals surface area contributed by atoms with E-state index in [0.29, 0.717) is 6.04 Å². The molecule has 4 heteroatoms. The normalized spacial score (nSPS) is 14.5. The number of hydrogen-bond acceptors (Lipinski definition) is 2. The number of rotatable bonds is 7. The van der Waals surface area contributed by atoms with Gasteiger partial charge in [-0.15, -0.1) is 0 Å². The lowest BCUT2D eigenvalue weighted by molar-refractivity contribution is 0.101. The maximum atomic E-state index is 13.0. The lowest BCUT2D eigenvalue weighted by Crippen LogP contribution is -2.34. The Hall–Kier alpha value is -0.450. The van der Waals surface area contributed by atoms with Crippen LogP contribution in [0.3, 0.4) is 0 Å². The van der Waals surface area contributed by atoms with E-state index >= 15 is 0 Å². The molecule has 1 N–H and O–H groups in total. The largest absolute Gasteiger partial charge is 0.382 e. The van der Waals surface area contributed by atoms with Gasteiger partial charge >= 0.3 is 0 Å². The Kier molecular flexibility index (Phi) is 6.82. The van der Waals surface area contributed by atoms with Gasteiger partial charge in [0.1, 0.15) is 5.82 Å². The molecule has 1 aromatic carbocycles. The minimum atomic E-state index is -0.212. The van der Waals surface area contributed by atoms with Crippen LogP contribution >= 0.6 is 15.9 Å². The molecule has 2 unspecified atom stereocenters. The first kappa shape index (κ1) is 15.6. The second kappa shape index (κ2) is 7.87. The number of likely N-dealkylation sites (N-methyl/N-ethyl adjacent to an activating group) is 1. The van der Waals surface area contributed by atoms with Gasteiger partial charge in [0.05, 0.1) is 6.10 Å². The standard InChI is InChI=1S/C14H21BrFNO/c1-4-17-13(7-10(2)18-3)8-11-5-6-12(16)9-14(11)15/h5-6,9-10,13,17H,4,7-8H2,1-3H3. The van der Waals surface area contributed by atoms with Crippen molar-refractivity contribution in [1.82, 2.24) is 5.32 Å². The van der Waals surface area contributed by atoms with Crippen LogP contribution in [0.4, 0.5) is 4.39 Å². The van der Waals surface area contributed by atoms with Crippen molar-refractivity contribution in [2.75, 3.05) is 13.7 Å². The fraction of sp³-hybridized carbons (Fsp3) is 0.571. The lowest BCUT2D eigenvalue weighted by atomic mass is 10.0. The molecule has 0 saturated heterocycles. The highest BCUT2D eigenvalue weighted by Gasteiger charge is 2.14. The number of benzene rings is 1. The zero-order valence-corrected chi connectivity index (χ0v) is 12.8. The number of ether oxygens (including phenoxy) is 1. The third kappa shape index (κ3) is 5.04. The molecule has 0 aliphatic carbocycles. The zero-order chi connectivity index (χ0) is 13.5. The summed E-state index contributed by atoms with van der Waals surface area (Å²) in [5, 5.41) is 3.44. The summed E-state index contributed by atoms with van der Waals surface area (Å²) in [5.41, 5.74) is 1.12. The summed E-state index contributed by atoms with van der Waals surface area (Å²) in [4.78, 5) is 0. The molecule has 102 valence electrons. The van der Waals surface area contributed by atoms with Crippen molar-refractivity contribution in [3.63, 3.8) is 0 Å². The van der Waals surface area contributed by atoms with Crippen LogP contribution in [-0.2, 0) is 11.2 Å². The van der Waals surface area contributed by atoms with Crippen molar-refractivity contribution < 1.29 is 9.13 Å². The molecule has 1 rings (SSSR count). The molecule has 0 spiro atoms. The summed E-state index contributed by atoms with van der Waals surface area (Å²) in [6.07, 6.45) is 2.02. The highest BCUT2D eigenvalue weighted by molar-refractivity contribution is 9.10. The fourth-order valence-electron chi connectivity index (χ4n) is 1.98. The molecule has 0 aromatic heterocycles. The predicted molar refractivity (Wildman–Crippen MR) is 76.4 cm³/mol. The maximum Gasteiger partial charge on any atom is 0.124 e. The van der Waals surface area contributed by atoms with E-state index in [9.17, 15) is 4.39 Å². The smallest absolute Gasteiger partial charge is 0.124 e. The minimum Gasteiger partial charge on any atom is -0.382 e. The molecule has 0 saturated carbocycles. The van der Waals surface area contributed by atoms with Gasteiger partial charge in [-0.2, -0.15) is 0 Å². The van der Waals surface area contributed by atoms with Gasteiger partial charge in [-0.25, -0.2) is 4.39 Å². The predicted octanol–water partition coefficient (Wildman–Crippen LogP) is 3.53. The number of nitrogens with one attached hydrogen (secondary N) is 1. The molecular formula is C14H21BrFNO. The Morgan fingerprint density at radius 1 is 1.44 bits per heavy atom. The summed E-state index contributed by atoms with van der Waals surface area (Å²) < 4.78 is 19.2. The maximum absolute atomic E-state index is 13.0. The first-order chi connectivity index (χ1) is 8.56. The van der Waals surface area contributed by atoms with Crippen LogP contribution in [0.5, 0.6) is 0 Å². The van der Waals surface area contributed by atoms with Crippen molar-refractivity contribution in [2.24, 2.45) is 0 Å². The third-order valence-electron chi connectivity index (χ3n) is 2.99. The van der Waals surface area contributed by atoms with E-state index < -0.39 is 0 Å². The van der Waals surface area contributed by atoms with Crippen LogP contribution in [-0.4, -0.2) is 25.8 Å². The van der Waals surface area contributed by atoms with E-state index in [2.05, 4.69) is 35.1 Å². The van der Waals surface area contributed by atoms with E-state index in [1.807, 2.05) is 6.07 Å². The van der Waals surface area contributed by atoms with Gasteiger partial charge in [-0.05, 0) is 44.0 Å². The minimum absolute atomic E-state index is 0.212. The van der Waals surface area contributed by atoms with E-state index in [0.717, 1.165) is 29.4 Å². The monoisotopic (exact) mass is 317 g/mol. The zero-order valence-electron chi connectivity index (χ0n) is 11.2. The summed E-state index contributed by atoms with van der Waals surface area (Å²) in [6.45, 7) is 5.06. The van der Waals surface area contributed by atoms with Gasteiger partial charge in [0.2, 0.25) is 0 Å². The van der Waals surface area contributed by atoms with Crippen molar-refractivity contribution >= 4 is 15.9 Å². The van der Waals surface area contributed by atoms with Crippen molar-refractivity contribution in [2.45, 2.75) is 38.8 Å². The van der Waals surface area contributed by atoms with Gasteiger partial charge < -0.3 is 10.1 Å². The van der Waals surface area contributed by atoms with E-state index in [1.165, 1.54) is 12.1 Å². The Morgan fingerprint density at radius 3 is 2.72 bits per heavy atom. The second-order valence-corrected chi connectivity index (χ2v) is 5.33. The van der Waals surface area contributed by atoms with Gasteiger partial charge in [0, 0.05) is 17.6 Å². The number of methoxy groups -OCH3 is 1. The third-order valence-corrected chi connectivity index (χ3v) is 3.73. The highest BCUT2D eigenvalue weighted by atomic mass is 79.9. The van der Waals surface area contributed by atoms with Crippen LogP contribution in [0, 0.1) is 5.82 Å². The Morgan fingerprint density at radius 2 is 2.17 bits per heavy atom. The van der Waals surface area contributed by atoms with Crippen molar-refractivity contribution in [1.29, 1.82) is 0 Å². The lowest BCUT2D eigenvalue weighted by Gasteiger charge is -2.21. The van der Waals surface area contributed by atoms with Crippen LogP contribution in [0.2, 0.25) is 0 Å². The molecule has 0 bridgehead atoms. The van der Waals surface area contributed by atoms with Crippen LogP contribution in [0.25, 0.3) is 0 Å². The number of hydrogen-bond donors (Lipinski definition) is 1. The molecule has 0 radical (unpaired) electrons. The Labute approximate surface area is 117 Å². The van der Waals surface area contributed by atoms with Gasteiger partial charge in [0.15, 0.2) is 0 Å². The van der Waals surface area contributed by atoms with Crippen molar-refractivity contribution in [3.8, 4) is 0 Å². The molecular weight excluding hydrogens is 297 g/mol. The topological polar surface area (TPSA) is 21.3 Å². The van der Waals surface area contributed by atoms with Gasteiger partial charge in [-0.3, -0.25) is 0 Å². The summed E-state index contributed by atoms with van der Waals surface area (Å²) in [5.74, 6) is -0.212. The van der Waals surface area contributed by atoms with E-state index in [-0.39, 0.29) is 11.9 Å². The molecule has 0 fully saturated rings. The average molecular weight is 318 g/mol. The molecule has 0 aliphatic heterocycles. The second-order valence-electron chi connectivity index (χ2n) is 4.48. The summed E-state index contributed by atoms with van der Waals surface area (Å²) in [6, 6.07) is 5.19. The molecule has 0 heterocycles. The quantitative estimate of drug-likeness (QED) is 0.830. The Bertz CT molecular complexity index is 373. The van der Waals surface area contributed by atoms with E-state index in [1.54, 1.807) is 7.11 Å². The van der Waals surface area contributed by atoms with Gasteiger partial charge in [0.25, 0.3) is 0 Å². The van der Waals surface area contributed by atoms with Gasteiger partial charge in [-0.1, -0.05) is 28.9 Å². The van der Waals surface area contributed by atoms with Crippen molar-refractivity contribution in [3.05, 3.63) is 34.1 Å². The molecule has 18 heavy (non-hydrogen) atoms. The first-order valence-corrected chi connectivity index (χ1v) is 7.06. The molecule has 2 nitrogen and oxygen atoms in total. The molecule has 0 amide bonds. The Balaban J connectivity index is 2.69. The first-order valence-electron chi connectivity index (χ1n) is 6.26. The highest BCUT2D eigenvalue weighted by Crippen LogP contribution is 2.20. The number of halogens is 2.